The molecule has 0 aliphatic rings. The number of amides is 1. The minimum Gasteiger partial charge on any atom is -0.508 e. The average Bonchev–Trinajstić information content (AvgIpc) is 3.25. The van der Waals surface area contributed by atoms with Crippen LogP contribution in [-0.2, 0) is 0 Å². The van der Waals surface area contributed by atoms with Gasteiger partial charge in [-0.3, -0.25) is 9.36 Å². The van der Waals surface area contributed by atoms with Gasteiger partial charge < -0.3 is 10.4 Å². The third-order valence-corrected chi connectivity index (χ3v) is 5.72. The molecule has 1 unspecified atom stereocenters. The molecule has 5 heteroatoms. The molecule has 0 radical (unpaired) electrons. The number of para-hydroxylation sites is 2. The van der Waals surface area contributed by atoms with Crippen LogP contribution >= 0.6 is 0 Å². The van der Waals surface area contributed by atoms with Crippen LogP contribution in [0, 0.1) is 0 Å². The number of imidazole rings is 1. The number of fused-ring (bicyclic) bond motifs is 1. The Morgan fingerprint density at radius 2 is 1.52 bits per heavy atom. The number of aromatic nitrogens is 2. The molecule has 0 spiro atoms. The van der Waals surface area contributed by atoms with Crippen LogP contribution in [0.2, 0.25) is 0 Å². The van der Waals surface area contributed by atoms with Crippen LogP contribution in [0.5, 0.6) is 5.75 Å². The Hall–Kier alpha value is -4.38. The van der Waals surface area contributed by atoms with E-state index in [2.05, 4.69) is 9.88 Å². The molecule has 0 saturated carbocycles. The summed E-state index contributed by atoms with van der Waals surface area (Å²) in [6.45, 7) is 1.97. The summed E-state index contributed by atoms with van der Waals surface area (Å²) in [6, 6.07) is 32.3. The number of carbonyl (C=O) groups is 1. The summed E-state index contributed by atoms with van der Waals surface area (Å²) >= 11 is 0. The van der Waals surface area contributed by atoms with Gasteiger partial charge in [-0.05, 0) is 61.0 Å². The molecule has 0 saturated heterocycles. The number of phenolic OH excluding ortho intramolecular Hbond substituents is 1. The van der Waals surface area contributed by atoms with Crippen molar-refractivity contribution in [2.45, 2.75) is 13.0 Å². The first kappa shape index (κ1) is 20.5. The molecule has 1 amide bonds. The highest BCUT2D eigenvalue weighted by Crippen LogP contribution is 2.29. The third kappa shape index (κ3) is 4.08. The van der Waals surface area contributed by atoms with Crippen LogP contribution in [-0.4, -0.2) is 20.6 Å². The maximum Gasteiger partial charge on any atom is 0.251 e. The smallest absolute Gasteiger partial charge is 0.251 e. The zero-order valence-electron chi connectivity index (χ0n) is 18.1. The first-order chi connectivity index (χ1) is 16.1. The normalized spacial score (nSPS) is 11.9. The lowest BCUT2D eigenvalue weighted by Gasteiger charge is -2.14. The lowest BCUT2D eigenvalue weighted by molar-refractivity contribution is 0.0940. The molecule has 0 aliphatic carbocycles. The van der Waals surface area contributed by atoms with Crippen LogP contribution in [0.15, 0.2) is 103 Å². The van der Waals surface area contributed by atoms with Gasteiger partial charge in [0, 0.05) is 16.8 Å². The SMILES string of the molecule is CC(NC(=O)c1ccc(-c2nc3ccccc3n2-c2ccc(O)cc2)cc1)c1ccccc1. The first-order valence-electron chi connectivity index (χ1n) is 10.8. The molecule has 33 heavy (non-hydrogen) atoms. The Labute approximate surface area is 192 Å². The Morgan fingerprint density at radius 1 is 0.848 bits per heavy atom. The van der Waals surface area contributed by atoms with E-state index >= 15 is 0 Å². The van der Waals surface area contributed by atoms with E-state index in [9.17, 15) is 9.90 Å². The second kappa shape index (κ2) is 8.63. The standard InChI is InChI=1S/C28H23N3O2/c1-19(20-7-3-2-4-8-20)29-28(33)22-13-11-21(12-14-22)27-30-25-9-5-6-10-26(25)31(27)23-15-17-24(32)18-16-23/h2-19,32H,1H3,(H,29,33). The quantitative estimate of drug-likeness (QED) is 0.363. The number of benzene rings is 4. The van der Waals surface area contributed by atoms with Crippen LogP contribution < -0.4 is 5.32 Å². The van der Waals surface area contributed by atoms with E-state index in [-0.39, 0.29) is 17.7 Å². The molecule has 5 nitrogen and oxygen atoms in total. The molecule has 162 valence electrons. The van der Waals surface area contributed by atoms with Gasteiger partial charge in [-0.2, -0.15) is 0 Å². The van der Waals surface area contributed by atoms with Crippen molar-refractivity contribution in [3.8, 4) is 22.8 Å². The van der Waals surface area contributed by atoms with Crippen LogP contribution in [0.4, 0.5) is 0 Å². The molecular formula is C28H23N3O2. The number of aromatic hydroxyl groups is 1. The number of nitrogens with one attached hydrogen (secondary N) is 1. The fourth-order valence-electron chi connectivity index (χ4n) is 3.96. The number of hydrogen-bond acceptors (Lipinski definition) is 3. The molecule has 0 fully saturated rings. The van der Waals surface area contributed by atoms with E-state index in [1.54, 1.807) is 12.1 Å². The second-order valence-electron chi connectivity index (χ2n) is 7.96. The van der Waals surface area contributed by atoms with Gasteiger partial charge in [0.05, 0.1) is 17.1 Å². The zero-order chi connectivity index (χ0) is 22.8. The second-order valence-corrected chi connectivity index (χ2v) is 7.96. The van der Waals surface area contributed by atoms with E-state index in [0.717, 1.165) is 33.7 Å². The highest BCUT2D eigenvalue weighted by atomic mass is 16.3. The van der Waals surface area contributed by atoms with Gasteiger partial charge >= 0.3 is 0 Å². The summed E-state index contributed by atoms with van der Waals surface area (Å²) in [7, 11) is 0. The Morgan fingerprint density at radius 3 is 2.24 bits per heavy atom. The van der Waals surface area contributed by atoms with Gasteiger partial charge in [-0.15, -0.1) is 0 Å². The van der Waals surface area contributed by atoms with Gasteiger partial charge in [0.15, 0.2) is 0 Å². The molecule has 2 N–H and O–H groups in total. The fourth-order valence-corrected chi connectivity index (χ4v) is 3.96. The molecule has 5 rings (SSSR count). The van der Waals surface area contributed by atoms with Gasteiger partial charge in [0.25, 0.3) is 5.91 Å². The van der Waals surface area contributed by atoms with E-state index in [1.165, 1.54) is 0 Å². The molecule has 1 atom stereocenters. The minimum atomic E-state index is -0.120. The molecule has 5 aromatic rings. The third-order valence-electron chi connectivity index (χ3n) is 5.72. The molecule has 1 heterocycles. The van der Waals surface area contributed by atoms with Crippen molar-refractivity contribution in [3.05, 3.63) is 114 Å². The predicted molar refractivity (Wildman–Crippen MR) is 130 cm³/mol. The number of rotatable bonds is 5. The van der Waals surface area contributed by atoms with Crippen molar-refractivity contribution >= 4 is 16.9 Å². The van der Waals surface area contributed by atoms with Crippen molar-refractivity contribution in [2.75, 3.05) is 0 Å². The van der Waals surface area contributed by atoms with Crippen molar-refractivity contribution in [3.63, 3.8) is 0 Å². The lowest BCUT2D eigenvalue weighted by Crippen LogP contribution is -2.26. The number of nitrogens with zero attached hydrogens (tertiary/aromatic N) is 2. The summed E-state index contributed by atoms with van der Waals surface area (Å²) in [6.07, 6.45) is 0. The highest BCUT2D eigenvalue weighted by molar-refractivity contribution is 5.95. The zero-order valence-corrected chi connectivity index (χ0v) is 18.1. The number of carbonyl (C=O) groups excluding carboxylic acids is 1. The van der Waals surface area contributed by atoms with E-state index in [1.807, 2.05) is 97.9 Å². The van der Waals surface area contributed by atoms with E-state index in [4.69, 9.17) is 4.98 Å². The van der Waals surface area contributed by atoms with E-state index < -0.39 is 0 Å². The molecule has 4 aromatic carbocycles. The lowest BCUT2D eigenvalue weighted by atomic mass is 10.1. The maximum absolute atomic E-state index is 12.8. The van der Waals surface area contributed by atoms with Crippen LogP contribution in [0.25, 0.3) is 28.1 Å². The van der Waals surface area contributed by atoms with Crippen LogP contribution in [0.3, 0.4) is 0 Å². The molecular weight excluding hydrogens is 410 g/mol. The predicted octanol–water partition coefficient (Wildman–Crippen LogP) is 5.89. The first-order valence-corrected chi connectivity index (χ1v) is 10.8. The Bertz CT molecular complexity index is 1410. The van der Waals surface area contributed by atoms with Gasteiger partial charge in [-0.1, -0.05) is 54.6 Å². The van der Waals surface area contributed by atoms with Crippen LogP contribution in [0.1, 0.15) is 28.9 Å². The highest BCUT2D eigenvalue weighted by Gasteiger charge is 2.16. The fraction of sp³-hybridized carbons (Fsp3) is 0.0714. The van der Waals surface area contributed by atoms with Gasteiger partial charge in [0.2, 0.25) is 0 Å². The molecule has 0 bridgehead atoms. The summed E-state index contributed by atoms with van der Waals surface area (Å²) in [5.41, 5.74) is 5.29. The van der Waals surface area contributed by atoms with Crippen molar-refractivity contribution in [1.82, 2.24) is 14.9 Å². The average molecular weight is 434 g/mol. The Balaban J connectivity index is 1.47. The molecule has 0 aliphatic heterocycles. The summed E-state index contributed by atoms with van der Waals surface area (Å²) in [4.78, 5) is 17.6. The minimum absolute atomic E-state index is 0.0860. The van der Waals surface area contributed by atoms with E-state index in [0.29, 0.717) is 5.56 Å². The monoisotopic (exact) mass is 433 g/mol. The van der Waals surface area contributed by atoms with Gasteiger partial charge in [0.1, 0.15) is 11.6 Å². The topological polar surface area (TPSA) is 67.2 Å². The molecule has 1 aromatic heterocycles. The number of phenols is 1. The number of hydrogen-bond donors (Lipinski definition) is 2. The summed E-state index contributed by atoms with van der Waals surface area (Å²) in [5.74, 6) is 0.862. The Kier molecular flexibility index (Phi) is 5.37. The van der Waals surface area contributed by atoms with Gasteiger partial charge in [-0.25, -0.2) is 4.98 Å². The maximum atomic E-state index is 12.8. The van der Waals surface area contributed by atoms with Crippen molar-refractivity contribution in [2.24, 2.45) is 0 Å². The summed E-state index contributed by atoms with van der Waals surface area (Å²) in [5, 5.41) is 12.8. The summed E-state index contributed by atoms with van der Waals surface area (Å²) < 4.78 is 2.06. The largest absolute Gasteiger partial charge is 0.508 e. The van der Waals surface area contributed by atoms with Crippen molar-refractivity contribution < 1.29 is 9.90 Å². The van der Waals surface area contributed by atoms with Crippen molar-refractivity contribution in [1.29, 1.82) is 0 Å².